The lowest BCUT2D eigenvalue weighted by Gasteiger charge is -2.20. The lowest BCUT2D eigenvalue weighted by Crippen LogP contribution is -2.32. The van der Waals surface area contributed by atoms with Gasteiger partial charge in [0.1, 0.15) is 13.2 Å². The van der Waals surface area contributed by atoms with Crippen LogP contribution in [0.3, 0.4) is 0 Å². The summed E-state index contributed by atoms with van der Waals surface area (Å²) in [5.74, 6) is 3.14. The molecule has 0 fully saturated rings. The predicted octanol–water partition coefficient (Wildman–Crippen LogP) is 9.73. The molecule has 0 aliphatic carbocycles. The number of nitrogens with zero attached hydrogens (tertiary/aromatic N) is 1. The van der Waals surface area contributed by atoms with E-state index in [0.29, 0.717) is 38.5 Å². The molecule has 0 aromatic heterocycles. The molecule has 4 aromatic carbocycles. The van der Waals surface area contributed by atoms with Gasteiger partial charge in [-0.25, -0.2) is 4.79 Å². The number of esters is 1. The third-order valence-electron chi connectivity index (χ3n) is 6.89. The van der Waals surface area contributed by atoms with E-state index in [-0.39, 0.29) is 19.5 Å². The summed E-state index contributed by atoms with van der Waals surface area (Å²) in [5.41, 5.74) is 5.59. The van der Waals surface area contributed by atoms with Gasteiger partial charge < -0.3 is 14.4 Å². The van der Waals surface area contributed by atoms with Crippen molar-refractivity contribution in [2.45, 2.75) is 61.3 Å². The summed E-state index contributed by atoms with van der Waals surface area (Å²) in [6.07, 6.45) is 1.04. The highest BCUT2D eigenvalue weighted by Crippen LogP contribution is 2.29. The second kappa shape index (κ2) is 21.0. The number of hydrogen-bond acceptors (Lipinski definition) is 8. The molecule has 1 aliphatic rings. The molecule has 1 amide bonds. The van der Waals surface area contributed by atoms with Gasteiger partial charge >= 0.3 is 12.1 Å². The molecule has 0 unspecified atom stereocenters. The average molecular weight is 694 g/mol. The number of carbonyl (C=O) groups excluding carboxylic acids is 2. The monoisotopic (exact) mass is 693 g/mol. The van der Waals surface area contributed by atoms with Gasteiger partial charge in [-0.3, -0.25) is 4.79 Å². The lowest BCUT2D eigenvalue weighted by atomic mass is 10.1. The minimum absolute atomic E-state index is 0. The Labute approximate surface area is 293 Å². The number of carbonyl (C=O) groups is 2. The van der Waals surface area contributed by atoms with Crippen molar-refractivity contribution in [1.82, 2.24) is 4.90 Å². The van der Waals surface area contributed by atoms with Crippen LogP contribution >= 0.6 is 48.8 Å². The number of fused-ring (bicyclic) bond motifs is 1. The summed E-state index contributed by atoms with van der Waals surface area (Å²) < 4.78 is 10.7. The molecule has 0 bridgehead atoms. The second-order valence-electron chi connectivity index (χ2n) is 10.3. The molecule has 4 aromatic rings. The van der Waals surface area contributed by atoms with Crippen molar-refractivity contribution in [2.75, 3.05) is 18.1 Å². The van der Waals surface area contributed by atoms with Gasteiger partial charge in [0.15, 0.2) is 0 Å². The summed E-state index contributed by atoms with van der Waals surface area (Å²) in [7, 11) is 0. The smallest absolute Gasteiger partial charge is 0.410 e. The first-order valence-electron chi connectivity index (χ1n) is 14.9. The van der Waals surface area contributed by atoms with E-state index in [0.717, 1.165) is 34.8 Å². The Balaban J connectivity index is 0.000000245. The first-order chi connectivity index (χ1) is 22.0. The Morgan fingerprint density at radius 1 is 0.761 bits per heavy atom. The highest BCUT2D eigenvalue weighted by Gasteiger charge is 2.20. The van der Waals surface area contributed by atoms with Gasteiger partial charge in [0.25, 0.3) is 0 Å². The van der Waals surface area contributed by atoms with E-state index in [1.54, 1.807) is 28.4 Å². The van der Waals surface area contributed by atoms with Crippen LogP contribution in [-0.4, -0.2) is 35.0 Å². The Bertz CT molecular complexity index is 1470. The Hall–Kier alpha value is -2.98. The molecule has 1 aliphatic heterocycles. The molecule has 0 spiro atoms. The van der Waals surface area contributed by atoms with Gasteiger partial charge in [0.05, 0.1) is 6.54 Å². The van der Waals surface area contributed by atoms with Crippen molar-refractivity contribution in [3.05, 3.63) is 131 Å². The van der Waals surface area contributed by atoms with Crippen LogP contribution in [0.25, 0.3) is 0 Å². The van der Waals surface area contributed by atoms with Gasteiger partial charge in [-0.1, -0.05) is 92.4 Å². The van der Waals surface area contributed by atoms with Crippen molar-refractivity contribution in [3.63, 3.8) is 0 Å². The van der Waals surface area contributed by atoms with Crippen molar-refractivity contribution >= 4 is 60.8 Å². The molecular weight excluding hydrogens is 651 g/mol. The predicted molar refractivity (Wildman–Crippen MR) is 199 cm³/mol. The van der Waals surface area contributed by atoms with Crippen LogP contribution in [-0.2, 0) is 45.5 Å². The van der Waals surface area contributed by atoms with E-state index in [9.17, 15) is 9.59 Å². The topological polar surface area (TPSA) is 55.8 Å². The fraction of sp³-hybridized carbons (Fsp3) is 0.297. The summed E-state index contributed by atoms with van der Waals surface area (Å²) in [6, 6.07) is 34.2. The summed E-state index contributed by atoms with van der Waals surface area (Å²) in [5, 5.41) is 0. The van der Waals surface area contributed by atoms with E-state index in [2.05, 4.69) is 67.7 Å². The number of amides is 1. The fourth-order valence-corrected chi connectivity index (χ4v) is 6.69. The molecule has 5 nitrogen and oxygen atoms in total. The Morgan fingerprint density at radius 3 is 2.00 bits per heavy atom. The largest absolute Gasteiger partial charge is 0.461 e. The zero-order chi connectivity index (χ0) is 31.7. The first-order valence-corrected chi connectivity index (χ1v) is 18.1. The molecule has 9 heteroatoms. The third-order valence-corrected chi connectivity index (χ3v) is 9.82. The van der Waals surface area contributed by atoms with Crippen LogP contribution in [0.2, 0.25) is 0 Å². The van der Waals surface area contributed by atoms with Gasteiger partial charge in [-0.2, -0.15) is 25.3 Å². The Morgan fingerprint density at radius 2 is 1.37 bits per heavy atom. The maximum absolute atomic E-state index is 12.4. The van der Waals surface area contributed by atoms with Gasteiger partial charge in [-0.15, -0.1) is 23.5 Å². The van der Waals surface area contributed by atoms with Gasteiger partial charge in [0, 0.05) is 40.0 Å². The van der Waals surface area contributed by atoms with Crippen molar-refractivity contribution in [3.8, 4) is 0 Å². The standard InChI is InChI=1S/C18H19NO2S2.C18H20O2S2.CH4/c20-18(21-12-14-4-2-1-3-5-14)19-8-9-23-17-7-6-15(13-22)10-16(17)11-19;19-18(20-13-15-5-2-1-3-6-15)7-4-12-22-17-10-8-16(14-21)9-11-17;/h1-7,10,22H,8-9,11-13H2;1-3,5-6,8-11,21H,4,7,12-14H2;1H4. The van der Waals surface area contributed by atoms with E-state index in [4.69, 9.17) is 9.47 Å². The molecule has 5 rings (SSSR count). The second-order valence-corrected chi connectivity index (χ2v) is 13.2. The van der Waals surface area contributed by atoms with Gasteiger partial charge in [0.2, 0.25) is 0 Å². The highest BCUT2D eigenvalue weighted by molar-refractivity contribution is 7.99. The highest BCUT2D eigenvalue weighted by atomic mass is 32.2. The van der Waals surface area contributed by atoms with Crippen LogP contribution in [0.1, 0.15) is 48.1 Å². The minimum atomic E-state index is -0.251. The van der Waals surface area contributed by atoms with Crippen LogP contribution in [0.15, 0.2) is 113 Å². The minimum Gasteiger partial charge on any atom is -0.461 e. The normalized spacial score (nSPS) is 12.0. The van der Waals surface area contributed by atoms with Crippen molar-refractivity contribution in [1.29, 1.82) is 0 Å². The van der Waals surface area contributed by atoms with Crippen LogP contribution in [0.5, 0.6) is 0 Å². The van der Waals surface area contributed by atoms with E-state index in [1.807, 2.05) is 60.7 Å². The number of hydrogen-bond donors (Lipinski definition) is 2. The number of thioether (sulfide) groups is 2. The Kier molecular flexibility index (Phi) is 17.1. The number of benzene rings is 4. The molecule has 0 saturated heterocycles. The molecule has 1 heterocycles. The molecule has 0 N–H and O–H groups in total. The lowest BCUT2D eigenvalue weighted by molar-refractivity contribution is -0.144. The quantitative estimate of drug-likeness (QED) is 0.0706. The van der Waals surface area contributed by atoms with Gasteiger partial charge in [-0.05, 0) is 58.2 Å². The molecular formula is C37H43NO4S4. The van der Waals surface area contributed by atoms with E-state index < -0.39 is 0 Å². The van der Waals surface area contributed by atoms with Crippen LogP contribution in [0.4, 0.5) is 4.79 Å². The maximum atomic E-state index is 12.4. The molecule has 46 heavy (non-hydrogen) atoms. The maximum Gasteiger partial charge on any atom is 0.410 e. The SMILES string of the molecule is C.O=C(CCCSc1ccc(CS)cc1)OCc1ccccc1.O=C(OCc1ccccc1)N1CCSc2ccc(CS)cc2C1. The summed E-state index contributed by atoms with van der Waals surface area (Å²) >= 11 is 12.1. The zero-order valence-corrected chi connectivity index (χ0v) is 28.6. The number of thiol groups is 2. The summed E-state index contributed by atoms with van der Waals surface area (Å²) in [6.45, 7) is 1.96. The number of ether oxygens (including phenoxy) is 2. The molecule has 0 atom stereocenters. The molecule has 0 radical (unpaired) electrons. The molecule has 0 saturated carbocycles. The van der Waals surface area contributed by atoms with E-state index >= 15 is 0 Å². The summed E-state index contributed by atoms with van der Waals surface area (Å²) in [4.78, 5) is 28.3. The van der Waals surface area contributed by atoms with E-state index in [1.165, 1.54) is 26.5 Å². The third kappa shape index (κ3) is 13.0. The first kappa shape index (κ1) is 37.5. The average Bonchev–Trinajstić information content (AvgIpc) is 3.32. The van der Waals surface area contributed by atoms with Crippen LogP contribution in [0, 0.1) is 0 Å². The fourth-order valence-electron chi connectivity index (χ4n) is 4.42. The van der Waals surface area contributed by atoms with Crippen LogP contribution < -0.4 is 0 Å². The van der Waals surface area contributed by atoms with Crippen molar-refractivity contribution < 1.29 is 19.1 Å². The number of rotatable bonds is 11. The molecule has 244 valence electrons. The van der Waals surface area contributed by atoms with Crippen molar-refractivity contribution in [2.24, 2.45) is 0 Å². The zero-order valence-electron chi connectivity index (χ0n) is 25.2.